The standard InChI is InChI=1S/C14H23NO/c1-11(2)13(10-15)14(16)9-8-12-6-4-3-5-7-12/h3-7,11,13-14,16H,8-10,15H2,1-2H3. The Morgan fingerprint density at radius 3 is 2.31 bits per heavy atom. The average Bonchev–Trinajstić information content (AvgIpc) is 2.28. The first-order valence-corrected chi connectivity index (χ1v) is 6.07. The summed E-state index contributed by atoms with van der Waals surface area (Å²) in [4.78, 5) is 0. The molecule has 0 fully saturated rings. The van der Waals surface area contributed by atoms with E-state index in [0.717, 1.165) is 12.8 Å². The molecule has 3 N–H and O–H groups in total. The number of nitrogens with two attached hydrogens (primary N) is 1. The van der Waals surface area contributed by atoms with Gasteiger partial charge in [-0.15, -0.1) is 0 Å². The summed E-state index contributed by atoms with van der Waals surface area (Å²) in [6.45, 7) is 4.79. The van der Waals surface area contributed by atoms with Crippen molar-refractivity contribution < 1.29 is 5.11 Å². The Bertz CT molecular complexity index is 284. The molecule has 0 amide bonds. The molecule has 0 bridgehead atoms. The van der Waals surface area contributed by atoms with Crippen LogP contribution in [0.1, 0.15) is 25.8 Å². The second-order valence-corrected chi connectivity index (χ2v) is 4.74. The molecule has 1 aromatic rings. The smallest absolute Gasteiger partial charge is 0.0586 e. The number of rotatable bonds is 6. The minimum absolute atomic E-state index is 0.212. The van der Waals surface area contributed by atoms with Gasteiger partial charge in [0.25, 0.3) is 0 Å². The van der Waals surface area contributed by atoms with Crippen molar-refractivity contribution in [1.29, 1.82) is 0 Å². The molecule has 1 aromatic carbocycles. The molecule has 2 unspecified atom stereocenters. The third kappa shape index (κ3) is 3.95. The summed E-state index contributed by atoms with van der Waals surface area (Å²) in [5.41, 5.74) is 6.96. The van der Waals surface area contributed by atoms with Crippen molar-refractivity contribution in [2.24, 2.45) is 17.6 Å². The summed E-state index contributed by atoms with van der Waals surface area (Å²) in [5.74, 6) is 0.652. The van der Waals surface area contributed by atoms with Crippen molar-refractivity contribution in [2.75, 3.05) is 6.54 Å². The summed E-state index contributed by atoms with van der Waals surface area (Å²) in [6, 6.07) is 10.3. The summed E-state index contributed by atoms with van der Waals surface area (Å²) < 4.78 is 0. The van der Waals surface area contributed by atoms with Gasteiger partial charge in [-0.05, 0) is 36.8 Å². The lowest BCUT2D eigenvalue weighted by molar-refractivity contribution is 0.0786. The largest absolute Gasteiger partial charge is 0.393 e. The molecule has 0 heterocycles. The van der Waals surface area contributed by atoms with Gasteiger partial charge in [-0.1, -0.05) is 44.2 Å². The Hall–Kier alpha value is -0.860. The third-order valence-corrected chi connectivity index (χ3v) is 3.19. The Morgan fingerprint density at radius 2 is 1.81 bits per heavy atom. The van der Waals surface area contributed by atoms with E-state index < -0.39 is 0 Å². The molecule has 2 nitrogen and oxygen atoms in total. The molecule has 0 aliphatic carbocycles. The van der Waals surface area contributed by atoms with E-state index in [-0.39, 0.29) is 12.0 Å². The van der Waals surface area contributed by atoms with Gasteiger partial charge in [0.2, 0.25) is 0 Å². The third-order valence-electron chi connectivity index (χ3n) is 3.19. The zero-order chi connectivity index (χ0) is 12.0. The molecule has 1 rings (SSSR count). The topological polar surface area (TPSA) is 46.2 Å². The molecule has 90 valence electrons. The predicted octanol–water partition coefficient (Wildman–Crippen LogP) is 2.21. The molecule has 0 saturated carbocycles. The van der Waals surface area contributed by atoms with Crippen molar-refractivity contribution in [3.05, 3.63) is 35.9 Å². The molecule has 16 heavy (non-hydrogen) atoms. The number of benzene rings is 1. The number of aliphatic hydroxyl groups excluding tert-OH is 1. The van der Waals surface area contributed by atoms with Gasteiger partial charge >= 0.3 is 0 Å². The van der Waals surface area contributed by atoms with E-state index in [2.05, 4.69) is 26.0 Å². The summed E-state index contributed by atoms with van der Waals surface area (Å²) in [6.07, 6.45) is 1.43. The van der Waals surface area contributed by atoms with Crippen LogP contribution in [0.2, 0.25) is 0 Å². The molecule has 0 aliphatic heterocycles. The van der Waals surface area contributed by atoms with Crippen LogP contribution in [0.25, 0.3) is 0 Å². The fraction of sp³-hybridized carbons (Fsp3) is 0.571. The van der Waals surface area contributed by atoms with E-state index in [1.54, 1.807) is 0 Å². The summed E-state index contributed by atoms with van der Waals surface area (Å²) >= 11 is 0. The van der Waals surface area contributed by atoms with Gasteiger partial charge in [-0.2, -0.15) is 0 Å². The van der Waals surface area contributed by atoms with E-state index in [1.807, 2.05) is 18.2 Å². The molecule has 2 heteroatoms. The Morgan fingerprint density at radius 1 is 1.19 bits per heavy atom. The number of aryl methyl sites for hydroxylation is 1. The molecule has 0 spiro atoms. The lowest BCUT2D eigenvalue weighted by atomic mass is 9.87. The van der Waals surface area contributed by atoms with E-state index in [9.17, 15) is 5.11 Å². The van der Waals surface area contributed by atoms with Crippen LogP contribution in [0.4, 0.5) is 0 Å². The highest BCUT2D eigenvalue weighted by molar-refractivity contribution is 5.14. The van der Waals surface area contributed by atoms with Crippen LogP contribution >= 0.6 is 0 Å². The van der Waals surface area contributed by atoms with Crippen molar-refractivity contribution in [3.63, 3.8) is 0 Å². The van der Waals surface area contributed by atoms with E-state index in [0.29, 0.717) is 12.5 Å². The second kappa shape index (κ2) is 6.66. The Balaban J connectivity index is 2.43. The maximum absolute atomic E-state index is 10.1. The highest BCUT2D eigenvalue weighted by Crippen LogP contribution is 2.18. The fourth-order valence-corrected chi connectivity index (χ4v) is 2.05. The summed E-state index contributed by atoms with van der Waals surface area (Å²) in [7, 11) is 0. The maximum Gasteiger partial charge on any atom is 0.0586 e. The molecular weight excluding hydrogens is 198 g/mol. The van der Waals surface area contributed by atoms with Gasteiger partial charge in [0.15, 0.2) is 0 Å². The highest BCUT2D eigenvalue weighted by atomic mass is 16.3. The normalized spacial score (nSPS) is 15.1. The van der Waals surface area contributed by atoms with Gasteiger partial charge in [-0.3, -0.25) is 0 Å². The number of aliphatic hydroxyl groups is 1. The zero-order valence-electron chi connectivity index (χ0n) is 10.3. The van der Waals surface area contributed by atoms with E-state index >= 15 is 0 Å². The van der Waals surface area contributed by atoms with Crippen molar-refractivity contribution in [3.8, 4) is 0 Å². The SMILES string of the molecule is CC(C)C(CN)C(O)CCc1ccccc1. The lowest BCUT2D eigenvalue weighted by Gasteiger charge is -2.24. The van der Waals surface area contributed by atoms with Crippen molar-refractivity contribution >= 4 is 0 Å². The minimum atomic E-state index is -0.287. The Labute approximate surface area is 98.5 Å². The number of hydrogen-bond acceptors (Lipinski definition) is 2. The first kappa shape index (κ1) is 13.2. The lowest BCUT2D eigenvalue weighted by Crippen LogP contribution is -2.32. The van der Waals surface area contributed by atoms with Gasteiger partial charge < -0.3 is 10.8 Å². The monoisotopic (exact) mass is 221 g/mol. The predicted molar refractivity (Wildman–Crippen MR) is 68.2 cm³/mol. The first-order valence-electron chi connectivity index (χ1n) is 6.07. The Kier molecular flexibility index (Phi) is 5.50. The van der Waals surface area contributed by atoms with Crippen LogP contribution in [-0.2, 0) is 6.42 Å². The molecular formula is C14H23NO. The van der Waals surface area contributed by atoms with Crippen LogP contribution < -0.4 is 5.73 Å². The molecule has 0 saturated heterocycles. The van der Waals surface area contributed by atoms with Gasteiger partial charge in [0, 0.05) is 0 Å². The zero-order valence-corrected chi connectivity index (χ0v) is 10.3. The average molecular weight is 221 g/mol. The fourth-order valence-electron chi connectivity index (χ4n) is 2.05. The minimum Gasteiger partial charge on any atom is -0.393 e. The molecule has 0 radical (unpaired) electrons. The van der Waals surface area contributed by atoms with Crippen LogP contribution in [0.15, 0.2) is 30.3 Å². The van der Waals surface area contributed by atoms with Crippen molar-refractivity contribution in [1.82, 2.24) is 0 Å². The van der Waals surface area contributed by atoms with Crippen LogP contribution in [0.3, 0.4) is 0 Å². The van der Waals surface area contributed by atoms with E-state index in [1.165, 1.54) is 5.56 Å². The van der Waals surface area contributed by atoms with Crippen molar-refractivity contribution in [2.45, 2.75) is 32.8 Å². The first-order chi connectivity index (χ1) is 7.65. The van der Waals surface area contributed by atoms with Crippen LogP contribution in [0.5, 0.6) is 0 Å². The quantitative estimate of drug-likeness (QED) is 0.773. The molecule has 0 aromatic heterocycles. The van der Waals surface area contributed by atoms with Gasteiger partial charge in [0.05, 0.1) is 6.10 Å². The van der Waals surface area contributed by atoms with Crippen LogP contribution in [-0.4, -0.2) is 17.8 Å². The summed E-state index contributed by atoms with van der Waals surface area (Å²) in [5, 5.41) is 10.1. The molecule has 0 aliphatic rings. The molecule has 2 atom stereocenters. The van der Waals surface area contributed by atoms with Gasteiger partial charge in [-0.25, -0.2) is 0 Å². The van der Waals surface area contributed by atoms with Crippen LogP contribution in [0, 0.1) is 11.8 Å². The second-order valence-electron chi connectivity index (χ2n) is 4.74. The highest BCUT2D eigenvalue weighted by Gasteiger charge is 2.20. The van der Waals surface area contributed by atoms with E-state index in [4.69, 9.17) is 5.73 Å². The van der Waals surface area contributed by atoms with Gasteiger partial charge in [0.1, 0.15) is 0 Å². The maximum atomic E-state index is 10.1. The number of hydrogen-bond donors (Lipinski definition) is 2.